The molecule has 1 unspecified atom stereocenters. The molecule has 16 heavy (non-hydrogen) atoms. The SMILES string of the molecule is COc1cccc(C(Cl)CN(C)CCCl)c1. The Hall–Kier alpha value is -0.440. The molecule has 1 rings (SSSR count). The van der Waals surface area contributed by atoms with Crippen LogP contribution in [0.25, 0.3) is 0 Å². The van der Waals surface area contributed by atoms with Gasteiger partial charge in [-0.15, -0.1) is 23.2 Å². The number of rotatable bonds is 6. The van der Waals surface area contributed by atoms with Gasteiger partial charge in [0.05, 0.1) is 12.5 Å². The molecule has 0 fully saturated rings. The van der Waals surface area contributed by atoms with Gasteiger partial charge >= 0.3 is 0 Å². The maximum absolute atomic E-state index is 6.33. The van der Waals surface area contributed by atoms with Crippen LogP contribution in [0.15, 0.2) is 24.3 Å². The zero-order chi connectivity index (χ0) is 12.0. The van der Waals surface area contributed by atoms with E-state index in [1.165, 1.54) is 0 Å². The van der Waals surface area contributed by atoms with Crippen molar-refractivity contribution in [2.24, 2.45) is 0 Å². The molecule has 1 aromatic rings. The Kier molecular flexibility index (Phi) is 5.96. The molecule has 0 N–H and O–H groups in total. The van der Waals surface area contributed by atoms with E-state index in [4.69, 9.17) is 27.9 Å². The van der Waals surface area contributed by atoms with Crippen molar-refractivity contribution in [3.63, 3.8) is 0 Å². The smallest absolute Gasteiger partial charge is 0.119 e. The molecule has 0 spiro atoms. The summed E-state index contributed by atoms with van der Waals surface area (Å²) >= 11 is 12.0. The molecule has 2 nitrogen and oxygen atoms in total. The normalized spacial score (nSPS) is 12.8. The van der Waals surface area contributed by atoms with E-state index in [0.717, 1.165) is 24.4 Å². The van der Waals surface area contributed by atoms with E-state index in [2.05, 4.69) is 4.90 Å². The van der Waals surface area contributed by atoms with Crippen LogP contribution in [0.1, 0.15) is 10.9 Å². The predicted molar refractivity (Wildman–Crippen MR) is 69.8 cm³/mol. The summed E-state index contributed by atoms with van der Waals surface area (Å²) in [5.74, 6) is 1.46. The molecule has 0 amide bonds. The molecule has 0 aliphatic carbocycles. The molecule has 0 saturated carbocycles. The molecule has 1 aromatic carbocycles. The van der Waals surface area contributed by atoms with Crippen LogP contribution in [0.4, 0.5) is 0 Å². The summed E-state index contributed by atoms with van der Waals surface area (Å²) in [6, 6.07) is 7.83. The molecular weight excluding hydrogens is 245 g/mol. The summed E-state index contributed by atoms with van der Waals surface area (Å²) < 4.78 is 5.16. The monoisotopic (exact) mass is 261 g/mol. The number of alkyl halides is 2. The molecule has 0 aliphatic heterocycles. The molecule has 1 atom stereocenters. The summed E-state index contributed by atoms with van der Waals surface area (Å²) in [4.78, 5) is 2.12. The van der Waals surface area contributed by atoms with E-state index in [0.29, 0.717) is 5.88 Å². The molecule has 0 saturated heterocycles. The second kappa shape index (κ2) is 7.00. The van der Waals surface area contributed by atoms with Crippen LogP contribution in [0.3, 0.4) is 0 Å². The first-order valence-corrected chi connectivity index (χ1v) is 6.17. The zero-order valence-corrected chi connectivity index (χ0v) is 11.1. The highest BCUT2D eigenvalue weighted by Gasteiger charge is 2.11. The van der Waals surface area contributed by atoms with Crippen LogP contribution in [0.2, 0.25) is 0 Å². The van der Waals surface area contributed by atoms with Crippen molar-refractivity contribution in [2.45, 2.75) is 5.38 Å². The Labute approximate surface area is 107 Å². The Morgan fingerprint density at radius 3 is 2.81 bits per heavy atom. The third-order valence-corrected chi connectivity index (χ3v) is 2.95. The van der Waals surface area contributed by atoms with Gasteiger partial charge < -0.3 is 9.64 Å². The highest BCUT2D eigenvalue weighted by Crippen LogP contribution is 2.24. The number of likely N-dealkylation sites (N-methyl/N-ethyl adjacent to an activating group) is 1. The fourth-order valence-corrected chi connectivity index (χ4v) is 2.11. The number of methoxy groups -OCH3 is 1. The second-order valence-electron chi connectivity index (χ2n) is 3.70. The third kappa shape index (κ3) is 4.20. The van der Waals surface area contributed by atoms with E-state index in [1.54, 1.807) is 7.11 Å². The van der Waals surface area contributed by atoms with Crippen LogP contribution in [0.5, 0.6) is 5.75 Å². The van der Waals surface area contributed by atoms with Gasteiger partial charge in [-0.25, -0.2) is 0 Å². The number of ether oxygens (including phenoxy) is 1. The van der Waals surface area contributed by atoms with Crippen molar-refractivity contribution < 1.29 is 4.74 Å². The van der Waals surface area contributed by atoms with Gasteiger partial charge in [0.15, 0.2) is 0 Å². The standard InChI is InChI=1S/C12H17Cl2NO/c1-15(7-6-13)9-12(14)10-4-3-5-11(8-10)16-2/h3-5,8,12H,6-7,9H2,1-2H3. The lowest BCUT2D eigenvalue weighted by atomic mass is 10.1. The van der Waals surface area contributed by atoms with Crippen molar-refractivity contribution >= 4 is 23.2 Å². The van der Waals surface area contributed by atoms with Gasteiger partial charge in [-0.05, 0) is 24.7 Å². The van der Waals surface area contributed by atoms with Crippen LogP contribution in [-0.4, -0.2) is 38.0 Å². The van der Waals surface area contributed by atoms with Crippen molar-refractivity contribution in [2.75, 3.05) is 33.1 Å². The fourth-order valence-electron chi connectivity index (χ4n) is 1.45. The van der Waals surface area contributed by atoms with Crippen molar-refractivity contribution in [3.05, 3.63) is 29.8 Å². The molecule has 90 valence electrons. The third-order valence-electron chi connectivity index (χ3n) is 2.39. The number of halogens is 2. The highest BCUT2D eigenvalue weighted by molar-refractivity contribution is 6.21. The Bertz CT molecular complexity index is 320. The highest BCUT2D eigenvalue weighted by atomic mass is 35.5. The summed E-state index contributed by atoms with van der Waals surface area (Å²) in [6.07, 6.45) is 0. The number of hydrogen-bond donors (Lipinski definition) is 0. The van der Waals surface area contributed by atoms with Crippen molar-refractivity contribution in [1.29, 1.82) is 0 Å². The molecule has 0 heterocycles. The lowest BCUT2D eigenvalue weighted by molar-refractivity contribution is 0.354. The van der Waals surface area contributed by atoms with Gasteiger partial charge in [0.2, 0.25) is 0 Å². The number of benzene rings is 1. The van der Waals surface area contributed by atoms with Gasteiger partial charge in [0.25, 0.3) is 0 Å². The van der Waals surface area contributed by atoms with Crippen LogP contribution in [-0.2, 0) is 0 Å². The number of nitrogens with zero attached hydrogens (tertiary/aromatic N) is 1. The largest absolute Gasteiger partial charge is 0.497 e. The summed E-state index contributed by atoms with van der Waals surface area (Å²) in [6.45, 7) is 1.62. The maximum Gasteiger partial charge on any atom is 0.119 e. The zero-order valence-electron chi connectivity index (χ0n) is 9.62. The van der Waals surface area contributed by atoms with Crippen LogP contribution >= 0.6 is 23.2 Å². The summed E-state index contributed by atoms with van der Waals surface area (Å²) in [5.41, 5.74) is 1.07. The Morgan fingerprint density at radius 1 is 1.44 bits per heavy atom. The van der Waals surface area contributed by atoms with Crippen molar-refractivity contribution in [1.82, 2.24) is 4.90 Å². The average Bonchev–Trinajstić information content (AvgIpc) is 2.29. The van der Waals surface area contributed by atoms with Gasteiger partial charge in [0, 0.05) is 19.0 Å². The van der Waals surface area contributed by atoms with Gasteiger partial charge in [-0.3, -0.25) is 0 Å². The van der Waals surface area contributed by atoms with Crippen molar-refractivity contribution in [3.8, 4) is 5.75 Å². The maximum atomic E-state index is 6.33. The molecular formula is C12H17Cl2NO. The van der Waals surface area contributed by atoms with E-state index < -0.39 is 0 Å². The van der Waals surface area contributed by atoms with Crippen LogP contribution in [0, 0.1) is 0 Å². The topological polar surface area (TPSA) is 12.5 Å². The van der Waals surface area contributed by atoms with E-state index in [-0.39, 0.29) is 5.38 Å². The summed E-state index contributed by atoms with van der Waals surface area (Å²) in [7, 11) is 3.67. The molecule has 4 heteroatoms. The van der Waals surface area contributed by atoms with Gasteiger partial charge in [0.1, 0.15) is 5.75 Å². The lowest BCUT2D eigenvalue weighted by Crippen LogP contribution is -2.24. The fraction of sp³-hybridized carbons (Fsp3) is 0.500. The minimum Gasteiger partial charge on any atom is -0.497 e. The Morgan fingerprint density at radius 2 is 2.19 bits per heavy atom. The molecule has 0 aromatic heterocycles. The second-order valence-corrected chi connectivity index (χ2v) is 4.60. The van der Waals surface area contributed by atoms with E-state index in [1.807, 2.05) is 31.3 Å². The van der Waals surface area contributed by atoms with E-state index >= 15 is 0 Å². The molecule has 0 aliphatic rings. The molecule has 0 radical (unpaired) electrons. The average molecular weight is 262 g/mol. The van der Waals surface area contributed by atoms with E-state index in [9.17, 15) is 0 Å². The number of hydrogen-bond acceptors (Lipinski definition) is 2. The predicted octanol–water partition coefficient (Wildman–Crippen LogP) is 3.15. The quantitative estimate of drug-likeness (QED) is 0.730. The Balaban J connectivity index is 2.61. The summed E-state index contributed by atoms with van der Waals surface area (Å²) in [5, 5.41) is -0.0386. The first kappa shape index (κ1) is 13.6. The molecule has 0 bridgehead atoms. The lowest BCUT2D eigenvalue weighted by Gasteiger charge is -2.19. The minimum absolute atomic E-state index is 0.0386. The van der Waals surface area contributed by atoms with Crippen LogP contribution < -0.4 is 4.74 Å². The van der Waals surface area contributed by atoms with Gasteiger partial charge in [-0.1, -0.05) is 12.1 Å². The van der Waals surface area contributed by atoms with Gasteiger partial charge in [-0.2, -0.15) is 0 Å². The minimum atomic E-state index is -0.0386. The first-order chi connectivity index (χ1) is 7.67. The first-order valence-electron chi connectivity index (χ1n) is 5.20.